The summed E-state index contributed by atoms with van der Waals surface area (Å²) < 4.78 is 5.36. The molecule has 0 amide bonds. The molecule has 1 N–H and O–H groups in total. The van der Waals surface area contributed by atoms with Gasteiger partial charge in [-0.25, -0.2) is 0 Å². The van der Waals surface area contributed by atoms with E-state index in [1.807, 2.05) is 6.92 Å². The molecule has 0 saturated carbocycles. The van der Waals surface area contributed by atoms with Crippen molar-refractivity contribution >= 4 is 0 Å². The summed E-state index contributed by atoms with van der Waals surface area (Å²) >= 11 is 0. The summed E-state index contributed by atoms with van der Waals surface area (Å²) in [6, 6.07) is 0.583. The van der Waals surface area contributed by atoms with E-state index in [2.05, 4.69) is 18.7 Å². The van der Waals surface area contributed by atoms with Crippen molar-refractivity contribution in [3.05, 3.63) is 0 Å². The Morgan fingerprint density at radius 3 is 2.67 bits per heavy atom. The van der Waals surface area contributed by atoms with Crippen molar-refractivity contribution in [2.75, 3.05) is 26.3 Å². The van der Waals surface area contributed by atoms with E-state index < -0.39 is 5.60 Å². The third-order valence-corrected chi connectivity index (χ3v) is 3.26. The molecule has 0 aromatic heterocycles. The number of likely N-dealkylation sites (tertiary alicyclic amines) is 1. The normalized spacial score (nSPS) is 29.4. The minimum absolute atomic E-state index is 0.495. The quantitative estimate of drug-likeness (QED) is 0.774. The second kappa shape index (κ2) is 5.83. The van der Waals surface area contributed by atoms with Crippen LogP contribution in [0.15, 0.2) is 0 Å². The van der Waals surface area contributed by atoms with Gasteiger partial charge in [0.05, 0.1) is 12.2 Å². The van der Waals surface area contributed by atoms with Crippen molar-refractivity contribution in [1.82, 2.24) is 4.90 Å². The van der Waals surface area contributed by atoms with Gasteiger partial charge in [-0.05, 0) is 46.6 Å². The molecule has 1 rings (SSSR count). The highest BCUT2D eigenvalue weighted by molar-refractivity contribution is 4.84. The Morgan fingerprint density at radius 2 is 2.07 bits per heavy atom. The Bertz CT molecular complexity index is 184. The van der Waals surface area contributed by atoms with Gasteiger partial charge < -0.3 is 14.7 Å². The van der Waals surface area contributed by atoms with E-state index in [1.54, 1.807) is 0 Å². The Hall–Kier alpha value is -0.120. The Balaban J connectivity index is 2.43. The molecule has 1 saturated heterocycles. The van der Waals surface area contributed by atoms with Crippen molar-refractivity contribution < 1.29 is 9.84 Å². The molecule has 3 heteroatoms. The molecule has 90 valence electrons. The SMILES string of the molecule is CCOCC1(O)CCCN(C(C)C)CC1. The van der Waals surface area contributed by atoms with Crippen LogP contribution in [0.5, 0.6) is 0 Å². The topological polar surface area (TPSA) is 32.7 Å². The molecule has 3 nitrogen and oxygen atoms in total. The number of ether oxygens (including phenoxy) is 1. The van der Waals surface area contributed by atoms with Gasteiger partial charge in [0, 0.05) is 19.2 Å². The van der Waals surface area contributed by atoms with Crippen LogP contribution in [0, 0.1) is 0 Å². The zero-order chi connectivity index (χ0) is 11.3. The molecule has 0 aromatic rings. The molecule has 1 atom stereocenters. The molecule has 0 bridgehead atoms. The molecule has 0 aromatic carbocycles. The van der Waals surface area contributed by atoms with Gasteiger partial charge in [-0.2, -0.15) is 0 Å². The minimum Gasteiger partial charge on any atom is -0.387 e. The largest absolute Gasteiger partial charge is 0.387 e. The van der Waals surface area contributed by atoms with Crippen LogP contribution in [0.2, 0.25) is 0 Å². The zero-order valence-electron chi connectivity index (χ0n) is 10.3. The second-order valence-corrected chi connectivity index (χ2v) is 4.84. The predicted octanol–water partition coefficient (Wildman–Crippen LogP) is 1.65. The summed E-state index contributed by atoms with van der Waals surface area (Å²) in [6.07, 6.45) is 2.78. The first-order chi connectivity index (χ1) is 7.07. The lowest BCUT2D eigenvalue weighted by atomic mass is 9.96. The van der Waals surface area contributed by atoms with Gasteiger partial charge >= 0.3 is 0 Å². The Labute approximate surface area is 93.4 Å². The summed E-state index contributed by atoms with van der Waals surface area (Å²) in [7, 11) is 0. The highest BCUT2D eigenvalue weighted by Gasteiger charge is 2.30. The summed E-state index contributed by atoms with van der Waals surface area (Å²) in [6.45, 7) is 9.68. The lowest BCUT2D eigenvalue weighted by molar-refractivity contribution is -0.0525. The van der Waals surface area contributed by atoms with Crippen LogP contribution in [0.25, 0.3) is 0 Å². The molecule has 1 aliphatic heterocycles. The fourth-order valence-corrected chi connectivity index (χ4v) is 2.15. The first kappa shape index (κ1) is 12.9. The van der Waals surface area contributed by atoms with Crippen molar-refractivity contribution in [2.45, 2.75) is 51.7 Å². The predicted molar refractivity (Wildman–Crippen MR) is 62.0 cm³/mol. The van der Waals surface area contributed by atoms with Crippen molar-refractivity contribution in [2.24, 2.45) is 0 Å². The van der Waals surface area contributed by atoms with E-state index >= 15 is 0 Å². The lowest BCUT2D eigenvalue weighted by Gasteiger charge is -2.27. The van der Waals surface area contributed by atoms with Gasteiger partial charge in [0.1, 0.15) is 0 Å². The van der Waals surface area contributed by atoms with Gasteiger partial charge in [0.25, 0.3) is 0 Å². The number of hydrogen-bond acceptors (Lipinski definition) is 3. The summed E-state index contributed by atoms with van der Waals surface area (Å²) in [4.78, 5) is 2.43. The van der Waals surface area contributed by atoms with Crippen LogP contribution < -0.4 is 0 Å². The molecule has 1 aliphatic rings. The summed E-state index contributed by atoms with van der Waals surface area (Å²) in [5.74, 6) is 0. The molecule has 0 spiro atoms. The molecule has 0 radical (unpaired) electrons. The second-order valence-electron chi connectivity index (χ2n) is 4.84. The lowest BCUT2D eigenvalue weighted by Crippen LogP contribution is -2.37. The maximum Gasteiger partial charge on any atom is 0.0892 e. The Kier molecular flexibility index (Phi) is 5.03. The van der Waals surface area contributed by atoms with Crippen molar-refractivity contribution in [3.63, 3.8) is 0 Å². The third kappa shape index (κ3) is 4.09. The molecular weight excluding hydrogens is 190 g/mol. The zero-order valence-corrected chi connectivity index (χ0v) is 10.3. The smallest absolute Gasteiger partial charge is 0.0892 e. The van der Waals surface area contributed by atoms with E-state index in [4.69, 9.17) is 4.74 Å². The molecule has 15 heavy (non-hydrogen) atoms. The minimum atomic E-state index is -0.584. The van der Waals surface area contributed by atoms with Gasteiger partial charge in [0.2, 0.25) is 0 Å². The van der Waals surface area contributed by atoms with Crippen molar-refractivity contribution in [3.8, 4) is 0 Å². The highest BCUT2D eigenvalue weighted by atomic mass is 16.5. The standard InChI is InChI=1S/C12H25NO2/c1-4-15-10-12(14)6-5-8-13(9-7-12)11(2)3/h11,14H,4-10H2,1-3H3. The number of aliphatic hydroxyl groups is 1. The summed E-state index contributed by atoms with van der Waals surface area (Å²) in [5.41, 5.74) is -0.584. The van der Waals surface area contributed by atoms with Crippen LogP contribution in [0.3, 0.4) is 0 Å². The fraction of sp³-hybridized carbons (Fsp3) is 1.00. The van der Waals surface area contributed by atoms with Crippen LogP contribution in [0.1, 0.15) is 40.0 Å². The number of nitrogens with zero attached hydrogens (tertiary/aromatic N) is 1. The van der Waals surface area contributed by atoms with Gasteiger partial charge in [-0.1, -0.05) is 0 Å². The fourth-order valence-electron chi connectivity index (χ4n) is 2.15. The van der Waals surface area contributed by atoms with Crippen LogP contribution in [-0.4, -0.2) is 48.0 Å². The van der Waals surface area contributed by atoms with Crippen molar-refractivity contribution in [1.29, 1.82) is 0 Å². The van der Waals surface area contributed by atoms with Gasteiger partial charge in [-0.15, -0.1) is 0 Å². The molecule has 1 unspecified atom stereocenters. The maximum atomic E-state index is 10.3. The van der Waals surface area contributed by atoms with Crippen LogP contribution >= 0.6 is 0 Å². The molecule has 1 heterocycles. The average Bonchev–Trinajstić information content (AvgIpc) is 2.38. The first-order valence-electron chi connectivity index (χ1n) is 6.11. The monoisotopic (exact) mass is 215 g/mol. The molecular formula is C12H25NO2. The van der Waals surface area contributed by atoms with E-state index in [1.165, 1.54) is 0 Å². The highest BCUT2D eigenvalue weighted by Crippen LogP contribution is 2.23. The number of rotatable bonds is 4. The third-order valence-electron chi connectivity index (χ3n) is 3.26. The maximum absolute atomic E-state index is 10.3. The van der Waals surface area contributed by atoms with E-state index in [9.17, 15) is 5.11 Å². The first-order valence-corrected chi connectivity index (χ1v) is 6.11. The van der Waals surface area contributed by atoms with Crippen LogP contribution in [-0.2, 0) is 4.74 Å². The van der Waals surface area contributed by atoms with Gasteiger partial charge in [-0.3, -0.25) is 0 Å². The Morgan fingerprint density at radius 1 is 1.33 bits per heavy atom. The van der Waals surface area contributed by atoms with E-state index in [0.29, 0.717) is 19.3 Å². The number of hydrogen-bond donors (Lipinski definition) is 1. The van der Waals surface area contributed by atoms with Crippen LogP contribution in [0.4, 0.5) is 0 Å². The molecule has 0 aliphatic carbocycles. The van der Waals surface area contributed by atoms with Gasteiger partial charge in [0.15, 0.2) is 0 Å². The summed E-state index contributed by atoms with van der Waals surface area (Å²) in [5, 5.41) is 10.3. The van der Waals surface area contributed by atoms with E-state index in [-0.39, 0.29) is 0 Å². The van der Waals surface area contributed by atoms with E-state index in [0.717, 1.165) is 32.4 Å². The average molecular weight is 215 g/mol. The molecule has 1 fully saturated rings.